The number of carbonyl (C=O) groups is 1. The third kappa shape index (κ3) is 3.58. The molecule has 0 N–H and O–H groups in total. The largest absolute Gasteiger partial charge is 0.342 e. The summed E-state index contributed by atoms with van der Waals surface area (Å²) in [5.41, 5.74) is 3.24. The molecular weight excluding hydrogens is 338 g/mol. The molecule has 128 valence electrons. The SMILES string of the molecule is O=C(CSc1cn(Cc2ccccc2)c2ccccc12)c1ccccc1. The van der Waals surface area contributed by atoms with Gasteiger partial charge in [0.15, 0.2) is 5.78 Å². The lowest BCUT2D eigenvalue weighted by Crippen LogP contribution is -2.01. The highest BCUT2D eigenvalue weighted by atomic mass is 32.2. The van der Waals surface area contributed by atoms with E-state index < -0.39 is 0 Å². The van der Waals surface area contributed by atoms with Crippen LogP contribution in [-0.2, 0) is 6.54 Å². The number of Topliss-reactive ketones (excluding diaryl/α,β-unsaturated/α-hetero) is 1. The second-order valence-corrected chi connectivity index (χ2v) is 7.22. The molecule has 0 saturated heterocycles. The maximum atomic E-state index is 12.4. The van der Waals surface area contributed by atoms with E-state index in [0.717, 1.165) is 17.0 Å². The van der Waals surface area contributed by atoms with Crippen LogP contribution in [-0.4, -0.2) is 16.1 Å². The Morgan fingerprint density at radius 1 is 0.808 bits per heavy atom. The predicted octanol–water partition coefficient (Wildman–Crippen LogP) is 5.66. The molecule has 0 aliphatic carbocycles. The topological polar surface area (TPSA) is 22.0 Å². The second kappa shape index (κ2) is 7.63. The zero-order chi connectivity index (χ0) is 17.8. The number of fused-ring (bicyclic) bond motifs is 1. The number of para-hydroxylation sites is 1. The lowest BCUT2D eigenvalue weighted by atomic mass is 10.2. The number of aromatic nitrogens is 1. The molecule has 0 saturated carbocycles. The van der Waals surface area contributed by atoms with E-state index in [4.69, 9.17) is 0 Å². The lowest BCUT2D eigenvalue weighted by molar-refractivity contribution is 0.102. The van der Waals surface area contributed by atoms with Gasteiger partial charge in [-0.3, -0.25) is 4.79 Å². The van der Waals surface area contributed by atoms with Crippen LogP contribution in [0, 0.1) is 0 Å². The van der Waals surface area contributed by atoms with Crippen LogP contribution in [0.25, 0.3) is 10.9 Å². The highest BCUT2D eigenvalue weighted by molar-refractivity contribution is 8.00. The number of carbonyl (C=O) groups excluding carboxylic acids is 1. The molecule has 0 unspecified atom stereocenters. The van der Waals surface area contributed by atoms with Gasteiger partial charge < -0.3 is 4.57 Å². The molecule has 0 aliphatic heterocycles. The molecule has 0 bridgehead atoms. The van der Waals surface area contributed by atoms with Crippen LogP contribution in [0.4, 0.5) is 0 Å². The summed E-state index contributed by atoms with van der Waals surface area (Å²) < 4.78 is 2.26. The van der Waals surface area contributed by atoms with Crippen LogP contribution in [0.5, 0.6) is 0 Å². The first kappa shape index (κ1) is 16.7. The Kier molecular flexibility index (Phi) is 4.89. The normalized spacial score (nSPS) is 10.9. The Hall–Kier alpha value is -2.78. The van der Waals surface area contributed by atoms with Crippen LogP contribution >= 0.6 is 11.8 Å². The average Bonchev–Trinajstić information content (AvgIpc) is 3.05. The van der Waals surface area contributed by atoms with Crippen LogP contribution < -0.4 is 0 Å². The third-order valence-corrected chi connectivity index (χ3v) is 5.45. The molecule has 1 heterocycles. The standard InChI is InChI=1S/C23H19NOS/c25-22(19-11-5-2-6-12-19)17-26-23-16-24(15-18-9-3-1-4-10-18)21-14-8-7-13-20(21)23/h1-14,16H,15,17H2. The maximum Gasteiger partial charge on any atom is 0.173 e. The van der Waals surface area contributed by atoms with Crippen molar-refractivity contribution in [2.24, 2.45) is 0 Å². The minimum absolute atomic E-state index is 0.162. The Morgan fingerprint density at radius 2 is 1.46 bits per heavy atom. The summed E-state index contributed by atoms with van der Waals surface area (Å²) in [5, 5.41) is 1.20. The summed E-state index contributed by atoms with van der Waals surface area (Å²) in [6.45, 7) is 0.828. The van der Waals surface area contributed by atoms with Crippen molar-refractivity contribution in [3.8, 4) is 0 Å². The van der Waals surface area contributed by atoms with E-state index in [1.807, 2.05) is 36.4 Å². The number of hydrogen-bond acceptors (Lipinski definition) is 2. The van der Waals surface area contributed by atoms with E-state index in [0.29, 0.717) is 5.75 Å². The first-order valence-corrected chi connectivity index (χ1v) is 9.63. The van der Waals surface area contributed by atoms with Gasteiger partial charge in [-0.1, -0.05) is 78.9 Å². The fourth-order valence-corrected chi connectivity index (χ4v) is 4.07. The first-order valence-electron chi connectivity index (χ1n) is 8.64. The summed E-state index contributed by atoms with van der Waals surface area (Å²) in [7, 11) is 0. The van der Waals surface area contributed by atoms with Gasteiger partial charge in [-0.25, -0.2) is 0 Å². The number of ketones is 1. The molecule has 4 rings (SSSR count). The first-order chi connectivity index (χ1) is 12.8. The molecule has 0 aliphatic rings. The van der Waals surface area contributed by atoms with Gasteiger partial charge in [0.05, 0.1) is 5.75 Å². The molecule has 0 amide bonds. The van der Waals surface area contributed by atoms with Gasteiger partial charge in [-0.2, -0.15) is 0 Å². The monoisotopic (exact) mass is 357 g/mol. The summed E-state index contributed by atoms with van der Waals surface area (Å²) in [4.78, 5) is 13.6. The molecule has 4 aromatic rings. The Morgan fingerprint density at radius 3 is 2.23 bits per heavy atom. The lowest BCUT2D eigenvalue weighted by Gasteiger charge is -2.05. The smallest absolute Gasteiger partial charge is 0.173 e. The van der Waals surface area contributed by atoms with Crippen molar-refractivity contribution in [3.63, 3.8) is 0 Å². The van der Waals surface area contributed by atoms with Crippen LogP contribution in [0.15, 0.2) is 96.0 Å². The van der Waals surface area contributed by atoms with Gasteiger partial charge in [0.2, 0.25) is 0 Å². The van der Waals surface area contributed by atoms with Crippen molar-refractivity contribution in [2.45, 2.75) is 11.4 Å². The van der Waals surface area contributed by atoms with E-state index >= 15 is 0 Å². The van der Waals surface area contributed by atoms with Crippen molar-refractivity contribution in [1.82, 2.24) is 4.57 Å². The summed E-state index contributed by atoms with van der Waals surface area (Å²) in [6.07, 6.45) is 2.17. The molecule has 26 heavy (non-hydrogen) atoms. The van der Waals surface area contributed by atoms with Crippen LogP contribution in [0.3, 0.4) is 0 Å². The van der Waals surface area contributed by atoms with E-state index in [1.54, 1.807) is 11.8 Å². The van der Waals surface area contributed by atoms with Gasteiger partial charge in [0, 0.05) is 34.1 Å². The molecule has 3 heteroatoms. The maximum absolute atomic E-state index is 12.4. The van der Waals surface area contributed by atoms with Gasteiger partial charge in [0.1, 0.15) is 0 Å². The quantitative estimate of drug-likeness (QED) is 0.328. The van der Waals surface area contributed by atoms with Crippen molar-refractivity contribution < 1.29 is 4.79 Å². The number of rotatable bonds is 6. The number of thioether (sulfide) groups is 1. The minimum atomic E-state index is 0.162. The van der Waals surface area contributed by atoms with E-state index in [1.165, 1.54) is 16.5 Å². The van der Waals surface area contributed by atoms with Gasteiger partial charge >= 0.3 is 0 Å². The predicted molar refractivity (Wildman–Crippen MR) is 109 cm³/mol. The summed E-state index contributed by atoms with van der Waals surface area (Å²) in [6, 6.07) is 28.3. The number of hydrogen-bond donors (Lipinski definition) is 0. The number of benzene rings is 3. The summed E-state index contributed by atoms with van der Waals surface area (Å²) in [5.74, 6) is 0.610. The third-order valence-electron chi connectivity index (χ3n) is 4.40. The van der Waals surface area contributed by atoms with Crippen LogP contribution in [0.2, 0.25) is 0 Å². The average molecular weight is 357 g/mol. The zero-order valence-corrected chi connectivity index (χ0v) is 15.2. The highest BCUT2D eigenvalue weighted by Gasteiger charge is 2.12. The molecule has 1 aromatic heterocycles. The molecule has 0 atom stereocenters. The van der Waals surface area contributed by atoms with Crippen molar-refractivity contribution in [2.75, 3.05) is 5.75 Å². The fraction of sp³-hybridized carbons (Fsp3) is 0.0870. The molecular formula is C23H19NOS. The molecule has 0 radical (unpaired) electrons. The van der Waals surface area contributed by atoms with Crippen molar-refractivity contribution >= 4 is 28.4 Å². The van der Waals surface area contributed by atoms with E-state index in [2.05, 4.69) is 59.3 Å². The van der Waals surface area contributed by atoms with Gasteiger partial charge in [-0.05, 0) is 11.6 Å². The molecule has 3 aromatic carbocycles. The Labute approximate surface area is 157 Å². The zero-order valence-electron chi connectivity index (χ0n) is 14.3. The molecule has 0 fully saturated rings. The van der Waals surface area contributed by atoms with Crippen molar-refractivity contribution in [1.29, 1.82) is 0 Å². The van der Waals surface area contributed by atoms with Crippen molar-refractivity contribution in [3.05, 3.63) is 102 Å². The van der Waals surface area contributed by atoms with E-state index in [-0.39, 0.29) is 5.78 Å². The fourth-order valence-electron chi connectivity index (χ4n) is 3.09. The van der Waals surface area contributed by atoms with Gasteiger partial charge in [-0.15, -0.1) is 11.8 Å². The molecule has 2 nitrogen and oxygen atoms in total. The second-order valence-electron chi connectivity index (χ2n) is 6.20. The minimum Gasteiger partial charge on any atom is -0.342 e. The number of nitrogens with zero attached hydrogens (tertiary/aromatic N) is 1. The Balaban J connectivity index is 1.58. The Bertz CT molecular complexity index is 1020. The summed E-state index contributed by atoms with van der Waals surface area (Å²) >= 11 is 1.61. The van der Waals surface area contributed by atoms with E-state index in [9.17, 15) is 4.79 Å². The van der Waals surface area contributed by atoms with Crippen LogP contribution in [0.1, 0.15) is 15.9 Å². The van der Waals surface area contributed by atoms with Gasteiger partial charge in [0.25, 0.3) is 0 Å². The highest BCUT2D eigenvalue weighted by Crippen LogP contribution is 2.31. The molecule has 0 spiro atoms.